The van der Waals surface area contributed by atoms with Crippen molar-refractivity contribution < 1.29 is 18.9 Å². The molecule has 0 amide bonds. The maximum absolute atomic E-state index is 11.4. The second-order valence-electron chi connectivity index (χ2n) is 6.28. The number of methoxy groups -OCH3 is 2. The third-order valence-corrected chi connectivity index (χ3v) is 3.95. The van der Waals surface area contributed by atoms with Crippen LogP contribution in [0.25, 0.3) is 22.8 Å². The van der Waals surface area contributed by atoms with Crippen molar-refractivity contribution in [2.24, 2.45) is 0 Å². The molecular weight excluding hydrogens is 364 g/mol. The molecular formula is C19H20N4O5. The van der Waals surface area contributed by atoms with E-state index in [2.05, 4.69) is 15.5 Å². The summed E-state index contributed by atoms with van der Waals surface area (Å²) in [7, 11) is 3.09. The van der Waals surface area contributed by atoms with E-state index in [0.29, 0.717) is 34.1 Å². The number of hydrogen-bond donors (Lipinski definition) is 1. The molecule has 0 unspecified atom stereocenters. The summed E-state index contributed by atoms with van der Waals surface area (Å²) in [5.74, 6) is 1.64. The van der Waals surface area contributed by atoms with Gasteiger partial charge in [0, 0.05) is 23.2 Å². The molecule has 2 aromatic carbocycles. The standard InChI is InChI=1S/C19H20N4O5/c1-11(2)20-14-7-5-13(9-15(14)23(24)25)19-21-18(22-28-19)12-6-8-16(26-3)17(10-12)27-4/h5-11,20H,1-4H3. The lowest BCUT2D eigenvalue weighted by Crippen LogP contribution is -2.11. The maximum Gasteiger partial charge on any atom is 0.293 e. The Balaban J connectivity index is 1.96. The van der Waals surface area contributed by atoms with Gasteiger partial charge < -0.3 is 19.3 Å². The van der Waals surface area contributed by atoms with Crippen molar-refractivity contribution in [1.82, 2.24) is 10.1 Å². The molecule has 9 heteroatoms. The SMILES string of the molecule is COc1ccc(-c2noc(-c3ccc(NC(C)C)c([N+](=O)[O-])c3)n2)cc1OC. The van der Waals surface area contributed by atoms with Crippen LogP contribution in [0, 0.1) is 10.1 Å². The quantitative estimate of drug-likeness (QED) is 0.477. The highest BCUT2D eigenvalue weighted by atomic mass is 16.6. The Morgan fingerprint density at radius 3 is 2.43 bits per heavy atom. The zero-order valence-electron chi connectivity index (χ0n) is 15.9. The van der Waals surface area contributed by atoms with Crippen molar-refractivity contribution in [3.63, 3.8) is 0 Å². The van der Waals surface area contributed by atoms with Gasteiger partial charge in [0.25, 0.3) is 11.6 Å². The normalized spacial score (nSPS) is 10.8. The Morgan fingerprint density at radius 1 is 1.07 bits per heavy atom. The lowest BCUT2D eigenvalue weighted by Gasteiger charge is -2.10. The average molecular weight is 384 g/mol. The lowest BCUT2D eigenvalue weighted by molar-refractivity contribution is -0.383. The van der Waals surface area contributed by atoms with Crippen LogP contribution in [0.15, 0.2) is 40.9 Å². The van der Waals surface area contributed by atoms with Crippen molar-refractivity contribution in [3.05, 3.63) is 46.5 Å². The zero-order chi connectivity index (χ0) is 20.3. The summed E-state index contributed by atoms with van der Waals surface area (Å²) in [5.41, 5.74) is 1.50. The first-order chi connectivity index (χ1) is 13.4. The third-order valence-electron chi connectivity index (χ3n) is 3.95. The number of benzene rings is 2. The number of nitrogens with one attached hydrogen (secondary N) is 1. The first kappa shape index (κ1) is 19.2. The van der Waals surface area contributed by atoms with Crippen LogP contribution in [0.3, 0.4) is 0 Å². The number of aromatic nitrogens is 2. The van der Waals surface area contributed by atoms with Gasteiger partial charge in [-0.2, -0.15) is 4.98 Å². The molecule has 1 heterocycles. The van der Waals surface area contributed by atoms with Gasteiger partial charge in [0.05, 0.1) is 19.1 Å². The molecule has 3 aromatic rings. The molecule has 0 bridgehead atoms. The van der Waals surface area contributed by atoms with Crippen LogP contribution in [-0.2, 0) is 0 Å². The minimum atomic E-state index is -0.445. The van der Waals surface area contributed by atoms with E-state index in [9.17, 15) is 10.1 Å². The molecule has 0 atom stereocenters. The van der Waals surface area contributed by atoms with E-state index in [1.807, 2.05) is 13.8 Å². The topological polar surface area (TPSA) is 113 Å². The molecule has 9 nitrogen and oxygen atoms in total. The number of rotatable bonds is 7. The second kappa shape index (κ2) is 7.95. The van der Waals surface area contributed by atoms with Crippen LogP contribution in [0.2, 0.25) is 0 Å². The first-order valence-corrected chi connectivity index (χ1v) is 8.54. The summed E-state index contributed by atoms with van der Waals surface area (Å²) in [4.78, 5) is 15.3. The summed E-state index contributed by atoms with van der Waals surface area (Å²) >= 11 is 0. The van der Waals surface area contributed by atoms with Gasteiger partial charge in [0.2, 0.25) is 5.82 Å². The average Bonchev–Trinajstić information content (AvgIpc) is 3.17. The minimum absolute atomic E-state index is 0.0583. The van der Waals surface area contributed by atoms with Crippen LogP contribution in [-0.4, -0.2) is 35.3 Å². The Bertz CT molecular complexity index is 1000. The molecule has 146 valence electrons. The van der Waals surface area contributed by atoms with Gasteiger partial charge in [0.15, 0.2) is 11.5 Å². The van der Waals surface area contributed by atoms with Gasteiger partial charge >= 0.3 is 0 Å². The number of nitrogens with zero attached hydrogens (tertiary/aromatic N) is 3. The molecule has 0 spiro atoms. The summed E-state index contributed by atoms with van der Waals surface area (Å²) in [6, 6.07) is 10.0. The molecule has 0 aliphatic carbocycles. The van der Waals surface area contributed by atoms with E-state index in [1.165, 1.54) is 13.2 Å². The predicted octanol–water partition coefficient (Wildman–Crippen LogP) is 4.15. The molecule has 0 aliphatic heterocycles. The summed E-state index contributed by atoms with van der Waals surface area (Å²) in [6.45, 7) is 3.82. The predicted molar refractivity (Wildman–Crippen MR) is 104 cm³/mol. The second-order valence-corrected chi connectivity index (χ2v) is 6.28. The largest absolute Gasteiger partial charge is 0.493 e. The smallest absolute Gasteiger partial charge is 0.293 e. The fraction of sp³-hybridized carbons (Fsp3) is 0.263. The van der Waals surface area contributed by atoms with E-state index in [1.54, 1.807) is 37.4 Å². The van der Waals surface area contributed by atoms with Crippen LogP contribution in [0.1, 0.15) is 13.8 Å². The Morgan fingerprint density at radius 2 is 1.79 bits per heavy atom. The highest BCUT2D eigenvalue weighted by Gasteiger charge is 2.19. The molecule has 28 heavy (non-hydrogen) atoms. The van der Waals surface area contributed by atoms with Gasteiger partial charge in [-0.1, -0.05) is 5.16 Å². The van der Waals surface area contributed by atoms with Crippen molar-refractivity contribution in [2.75, 3.05) is 19.5 Å². The van der Waals surface area contributed by atoms with Gasteiger partial charge in [-0.15, -0.1) is 0 Å². The highest BCUT2D eigenvalue weighted by molar-refractivity contribution is 5.71. The van der Waals surface area contributed by atoms with Crippen LogP contribution >= 0.6 is 0 Å². The number of hydrogen-bond acceptors (Lipinski definition) is 8. The van der Waals surface area contributed by atoms with Gasteiger partial charge in [-0.25, -0.2) is 0 Å². The fourth-order valence-corrected chi connectivity index (χ4v) is 2.68. The van der Waals surface area contributed by atoms with Crippen molar-refractivity contribution >= 4 is 11.4 Å². The lowest BCUT2D eigenvalue weighted by atomic mass is 10.1. The van der Waals surface area contributed by atoms with E-state index in [0.717, 1.165) is 0 Å². The Kier molecular flexibility index (Phi) is 5.44. The first-order valence-electron chi connectivity index (χ1n) is 8.54. The molecule has 1 N–H and O–H groups in total. The third kappa shape index (κ3) is 3.88. The molecule has 1 aromatic heterocycles. The number of ether oxygens (including phenoxy) is 2. The zero-order valence-corrected chi connectivity index (χ0v) is 15.9. The fourth-order valence-electron chi connectivity index (χ4n) is 2.68. The number of nitro benzene ring substituents is 1. The van der Waals surface area contributed by atoms with Gasteiger partial charge in [-0.05, 0) is 44.2 Å². The van der Waals surface area contributed by atoms with Gasteiger partial charge in [0.1, 0.15) is 5.69 Å². The highest BCUT2D eigenvalue weighted by Crippen LogP contribution is 2.34. The van der Waals surface area contributed by atoms with Crippen LogP contribution in [0.5, 0.6) is 11.5 Å². The maximum atomic E-state index is 11.4. The molecule has 3 rings (SSSR count). The molecule has 0 saturated heterocycles. The summed E-state index contributed by atoms with van der Waals surface area (Å²) in [6.07, 6.45) is 0. The molecule has 0 radical (unpaired) electrons. The molecule has 0 aliphatic rings. The van der Waals surface area contributed by atoms with E-state index in [-0.39, 0.29) is 17.6 Å². The number of anilines is 1. The Labute approximate surface area is 161 Å². The minimum Gasteiger partial charge on any atom is -0.493 e. The summed E-state index contributed by atoms with van der Waals surface area (Å²) < 4.78 is 15.8. The van der Waals surface area contributed by atoms with Gasteiger partial charge in [-0.3, -0.25) is 10.1 Å². The monoisotopic (exact) mass is 384 g/mol. The van der Waals surface area contributed by atoms with Crippen LogP contribution in [0.4, 0.5) is 11.4 Å². The van der Waals surface area contributed by atoms with E-state index < -0.39 is 4.92 Å². The van der Waals surface area contributed by atoms with E-state index >= 15 is 0 Å². The molecule has 0 saturated carbocycles. The molecule has 0 fully saturated rings. The Hall–Kier alpha value is -3.62. The van der Waals surface area contributed by atoms with E-state index in [4.69, 9.17) is 14.0 Å². The van der Waals surface area contributed by atoms with Crippen molar-refractivity contribution in [3.8, 4) is 34.3 Å². The van der Waals surface area contributed by atoms with Crippen LogP contribution < -0.4 is 14.8 Å². The number of nitro groups is 1. The van der Waals surface area contributed by atoms with Crippen molar-refractivity contribution in [1.29, 1.82) is 0 Å². The summed E-state index contributed by atoms with van der Waals surface area (Å²) in [5, 5.41) is 18.4. The van der Waals surface area contributed by atoms with Crippen molar-refractivity contribution in [2.45, 2.75) is 19.9 Å².